The number of hydrogen-bond donors (Lipinski definition) is 2. The summed E-state index contributed by atoms with van der Waals surface area (Å²) in [6.45, 7) is 2.24. The molecule has 1 aromatic carbocycles. The van der Waals surface area contributed by atoms with E-state index < -0.39 is 6.04 Å². The van der Waals surface area contributed by atoms with Crippen LogP contribution in [0.2, 0.25) is 0 Å². The van der Waals surface area contributed by atoms with Crippen LogP contribution in [-0.2, 0) is 11.3 Å². The Morgan fingerprint density at radius 3 is 2.83 bits per heavy atom. The van der Waals surface area contributed by atoms with Gasteiger partial charge in [-0.05, 0) is 30.2 Å². The van der Waals surface area contributed by atoms with E-state index in [0.29, 0.717) is 12.0 Å². The minimum Gasteiger partial charge on any atom is -0.351 e. The molecule has 0 aliphatic heterocycles. The topological polar surface area (TPSA) is 55.1 Å². The van der Waals surface area contributed by atoms with Crippen LogP contribution in [0.4, 0.5) is 4.39 Å². The Morgan fingerprint density at radius 2 is 2.22 bits per heavy atom. The van der Waals surface area contributed by atoms with Crippen LogP contribution in [0.5, 0.6) is 0 Å². The fraction of sp³-hybridized carbons (Fsp3) is 0.417. The van der Waals surface area contributed by atoms with Crippen molar-refractivity contribution < 1.29 is 9.18 Å². The van der Waals surface area contributed by atoms with Gasteiger partial charge in [0.05, 0.1) is 6.04 Å². The van der Waals surface area contributed by atoms with Crippen molar-refractivity contribution in [3.05, 3.63) is 34.1 Å². The molecule has 0 radical (unpaired) electrons. The van der Waals surface area contributed by atoms with E-state index >= 15 is 0 Å². The van der Waals surface area contributed by atoms with Crippen LogP contribution in [0.25, 0.3) is 0 Å². The molecule has 102 valence electrons. The highest BCUT2D eigenvalue weighted by Crippen LogP contribution is 2.17. The predicted octanol–water partition coefficient (Wildman–Crippen LogP) is 2.75. The molecule has 0 saturated carbocycles. The number of rotatable bonds is 5. The van der Waals surface area contributed by atoms with E-state index in [-0.39, 0.29) is 30.7 Å². The van der Waals surface area contributed by atoms with Crippen LogP contribution >= 0.6 is 28.3 Å². The molecule has 3 nitrogen and oxygen atoms in total. The summed E-state index contributed by atoms with van der Waals surface area (Å²) in [5, 5.41) is 2.69. The quantitative estimate of drug-likeness (QED) is 0.866. The molecule has 6 heteroatoms. The molecule has 0 aliphatic rings. The first kappa shape index (κ1) is 17.4. The van der Waals surface area contributed by atoms with Crippen molar-refractivity contribution in [3.63, 3.8) is 0 Å². The van der Waals surface area contributed by atoms with E-state index in [1.807, 2.05) is 6.92 Å². The van der Waals surface area contributed by atoms with Gasteiger partial charge in [-0.15, -0.1) is 12.4 Å². The Morgan fingerprint density at radius 1 is 1.56 bits per heavy atom. The zero-order valence-electron chi connectivity index (χ0n) is 10.1. The lowest BCUT2D eigenvalue weighted by Crippen LogP contribution is -2.40. The second-order valence-corrected chi connectivity index (χ2v) is 4.70. The number of benzene rings is 1. The summed E-state index contributed by atoms with van der Waals surface area (Å²) in [7, 11) is 0. The SMILES string of the molecule is CCCC(N)C(=O)NCc1cc(F)ccc1Br.Cl. The first-order valence-corrected chi connectivity index (χ1v) is 6.31. The maximum atomic E-state index is 13.0. The van der Waals surface area contributed by atoms with Crippen molar-refractivity contribution in [2.24, 2.45) is 5.73 Å². The smallest absolute Gasteiger partial charge is 0.237 e. The summed E-state index contributed by atoms with van der Waals surface area (Å²) in [6, 6.07) is 3.86. The largest absolute Gasteiger partial charge is 0.351 e. The van der Waals surface area contributed by atoms with Crippen LogP contribution in [0.15, 0.2) is 22.7 Å². The number of carbonyl (C=O) groups excluding carboxylic acids is 1. The van der Waals surface area contributed by atoms with Gasteiger partial charge in [0.2, 0.25) is 5.91 Å². The van der Waals surface area contributed by atoms with Crippen LogP contribution in [0, 0.1) is 5.82 Å². The maximum Gasteiger partial charge on any atom is 0.237 e. The fourth-order valence-electron chi connectivity index (χ4n) is 1.43. The van der Waals surface area contributed by atoms with Crippen molar-refractivity contribution in [2.75, 3.05) is 0 Å². The molecule has 0 spiro atoms. The van der Waals surface area contributed by atoms with E-state index in [2.05, 4.69) is 21.2 Å². The highest BCUT2D eigenvalue weighted by molar-refractivity contribution is 9.10. The molecular formula is C12H17BrClFN2O. The number of hydrogen-bond acceptors (Lipinski definition) is 2. The molecule has 1 rings (SSSR count). The van der Waals surface area contributed by atoms with Gasteiger partial charge in [0.15, 0.2) is 0 Å². The van der Waals surface area contributed by atoms with E-state index in [0.717, 1.165) is 10.9 Å². The molecule has 1 amide bonds. The Bertz CT molecular complexity index is 404. The number of halogens is 3. The van der Waals surface area contributed by atoms with Crippen molar-refractivity contribution in [2.45, 2.75) is 32.4 Å². The molecule has 0 aromatic heterocycles. The minimum absolute atomic E-state index is 0. The second kappa shape index (κ2) is 8.45. The molecule has 3 N–H and O–H groups in total. The van der Waals surface area contributed by atoms with Crippen LogP contribution in [0.3, 0.4) is 0 Å². The number of carbonyl (C=O) groups is 1. The van der Waals surface area contributed by atoms with Gasteiger partial charge in [-0.2, -0.15) is 0 Å². The molecule has 18 heavy (non-hydrogen) atoms. The average Bonchev–Trinajstić information content (AvgIpc) is 2.30. The summed E-state index contributed by atoms with van der Waals surface area (Å²) in [5.41, 5.74) is 6.36. The summed E-state index contributed by atoms with van der Waals surface area (Å²) in [5.74, 6) is -0.529. The molecule has 0 fully saturated rings. The lowest BCUT2D eigenvalue weighted by Gasteiger charge is -2.12. The standard InChI is InChI=1S/C12H16BrFN2O.ClH/c1-2-3-11(15)12(17)16-7-8-6-9(14)4-5-10(8)13;/h4-6,11H,2-3,7,15H2,1H3,(H,16,17);1H. The zero-order chi connectivity index (χ0) is 12.8. The van der Waals surface area contributed by atoms with Gasteiger partial charge < -0.3 is 11.1 Å². The van der Waals surface area contributed by atoms with Gasteiger partial charge in [0.1, 0.15) is 5.82 Å². The molecular weight excluding hydrogens is 322 g/mol. The third-order valence-electron chi connectivity index (χ3n) is 2.40. The van der Waals surface area contributed by atoms with Crippen LogP contribution in [0.1, 0.15) is 25.3 Å². The maximum absolute atomic E-state index is 13.0. The Balaban J connectivity index is 0.00000289. The highest BCUT2D eigenvalue weighted by Gasteiger charge is 2.12. The molecule has 0 heterocycles. The summed E-state index contributed by atoms with van der Waals surface area (Å²) in [4.78, 5) is 11.6. The van der Waals surface area contributed by atoms with Gasteiger partial charge in [-0.25, -0.2) is 4.39 Å². The average molecular weight is 340 g/mol. The van der Waals surface area contributed by atoms with Gasteiger partial charge in [-0.3, -0.25) is 4.79 Å². The second-order valence-electron chi connectivity index (χ2n) is 3.85. The van der Waals surface area contributed by atoms with Gasteiger partial charge >= 0.3 is 0 Å². The highest BCUT2D eigenvalue weighted by atomic mass is 79.9. The molecule has 1 atom stereocenters. The lowest BCUT2D eigenvalue weighted by molar-refractivity contribution is -0.122. The van der Waals surface area contributed by atoms with Gasteiger partial charge in [0.25, 0.3) is 0 Å². The van der Waals surface area contributed by atoms with Crippen molar-refractivity contribution in [1.82, 2.24) is 5.32 Å². The fourth-order valence-corrected chi connectivity index (χ4v) is 1.82. The molecule has 0 bridgehead atoms. The number of nitrogens with one attached hydrogen (secondary N) is 1. The van der Waals surface area contributed by atoms with Crippen molar-refractivity contribution >= 4 is 34.2 Å². The van der Waals surface area contributed by atoms with Crippen molar-refractivity contribution in [3.8, 4) is 0 Å². The molecule has 0 aliphatic carbocycles. The monoisotopic (exact) mass is 338 g/mol. The first-order chi connectivity index (χ1) is 8.04. The number of amides is 1. The Labute approximate surface area is 121 Å². The summed E-state index contributed by atoms with van der Waals surface area (Å²) >= 11 is 3.30. The van der Waals surface area contributed by atoms with E-state index in [1.54, 1.807) is 6.07 Å². The Hall–Kier alpha value is -0.650. The number of nitrogens with two attached hydrogens (primary N) is 1. The van der Waals surface area contributed by atoms with Crippen molar-refractivity contribution in [1.29, 1.82) is 0 Å². The van der Waals surface area contributed by atoms with Gasteiger partial charge in [-0.1, -0.05) is 29.3 Å². The van der Waals surface area contributed by atoms with E-state index in [4.69, 9.17) is 5.73 Å². The minimum atomic E-state index is -0.493. The first-order valence-electron chi connectivity index (χ1n) is 5.51. The normalized spacial score (nSPS) is 11.6. The van der Waals surface area contributed by atoms with E-state index in [1.165, 1.54) is 12.1 Å². The third kappa shape index (κ3) is 5.33. The third-order valence-corrected chi connectivity index (χ3v) is 3.17. The molecule has 0 saturated heterocycles. The molecule has 1 aromatic rings. The van der Waals surface area contributed by atoms with Gasteiger partial charge in [0, 0.05) is 11.0 Å². The molecule has 1 unspecified atom stereocenters. The van der Waals surface area contributed by atoms with E-state index in [9.17, 15) is 9.18 Å². The van der Waals surface area contributed by atoms with Crippen LogP contribution in [-0.4, -0.2) is 11.9 Å². The zero-order valence-corrected chi connectivity index (χ0v) is 12.5. The summed E-state index contributed by atoms with van der Waals surface area (Å²) in [6.07, 6.45) is 1.51. The van der Waals surface area contributed by atoms with Crippen LogP contribution < -0.4 is 11.1 Å². The lowest BCUT2D eigenvalue weighted by atomic mass is 10.1. The predicted molar refractivity (Wildman–Crippen MR) is 76.1 cm³/mol. The summed E-state index contributed by atoms with van der Waals surface area (Å²) < 4.78 is 13.8. The Kier molecular flexibility index (Phi) is 8.15.